The van der Waals surface area contributed by atoms with Gasteiger partial charge in [-0.3, -0.25) is 14.4 Å². The molecule has 4 aromatic rings. The lowest BCUT2D eigenvalue weighted by molar-refractivity contribution is 0.536. The summed E-state index contributed by atoms with van der Waals surface area (Å²) in [6.45, 7) is 0.303. The first kappa shape index (κ1) is 22.9. The molecule has 0 bridgehead atoms. The number of nitrogens with two attached hydrogens (primary N) is 1. The van der Waals surface area contributed by atoms with Crippen molar-refractivity contribution in [2.24, 2.45) is 4.99 Å². The van der Waals surface area contributed by atoms with E-state index in [1.165, 1.54) is 6.07 Å². The van der Waals surface area contributed by atoms with Crippen LogP contribution in [-0.4, -0.2) is 26.4 Å². The maximum atomic E-state index is 13.5. The molecule has 1 aliphatic heterocycles. The van der Waals surface area contributed by atoms with Crippen molar-refractivity contribution in [1.29, 1.82) is 0 Å². The molecule has 8 nitrogen and oxygen atoms in total. The Morgan fingerprint density at radius 1 is 1.05 bits per heavy atom. The number of rotatable bonds is 5. The normalized spacial score (nSPS) is 18.2. The molecule has 186 valence electrons. The highest BCUT2D eigenvalue weighted by atomic mass is 19.1. The van der Waals surface area contributed by atoms with Crippen molar-refractivity contribution in [2.75, 3.05) is 16.4 Å². The lowest BCUT2D eigenvalue weighted by Gasteiger charge is -2.18. The van der Waals surface area contributed by atoms with Gasteiger partial charge in [-0.15, -0.1) is 0 Å². The van der Waals surface area contributed by atoms with E-state index in [9.17, 15) is 9.18 Å². The van der Waals surface area contributed by atoms with E-state index in [-0.39, 0.29) is 17.6 Å². The lowest BCUT2D eigenvalue weighted by Crippen LogP contribution is -2.29. The Balaban J connectivity index is 1.35. The molecule has 0 spiro atoms. The highest BCUT2D eigenvalue weighted by Crippen LogP contribution is 2.40. The van der Waals surface area contributed by atoms with Crippen molar-refractivity contribution < 1.29 is 4.39 Å². The number of anilines is 3. The van der Waals surface area contributed by atoms with E-state index in [4.69, 9.17) is 10.7 Å². The number of amidine groups is 1. The molecule has 1 aliphatic carbocycles. The van der Waals surface area contributed by atoms with Crippen molar-refractivity contribution in [1.82, 2.24) is 14.5 Å². The van der Waals surface area contributed by atoms with Gasteiger partial charge in [-0.2, -0.15) is 9.37 Å². The number of benzene rings is 2. The topological polar surface area (TPSA) is 110 Å². The molecule has 0 amide bonds. The first-order valence-corrected chi connectivity index (χ1v) is 12.3. The van der Waals surface area contributed by atoms with Crippen molar-refractivity contribution >= 4 is 23.3 Å². The van der Waals surface area contributed by atoms with E-state index < -0.39 is 11.5 Å². The van der Waals surface area contributed by atoms with E-state index in [2.05, 4.69) is 20.6 Å². The van der Waals surface area contributed by atoms with Crippen LogP contribution in [-0.2, 0) is 6.54 Å². The number of aromatic nitrogens is 3. The summed E-state index contributed by atoms with van der Waals surface area (Å²) in [6.07, 6.45) is 3.12. The molecule has 37 heavy (non-hydrogen) atoms. The molecular formula is C28H26FN7O. The predicted molar refractivity (Wildman–Crippen MR) is 143 cm³/mol. The Labute approximate surface area is 213 Å². The molecule has 2 aromatic carbocycles. The first-order valence-electron chi connectivity index (χ1n) is 12.3. The minimum atomic E-state index is -0.520. The smallest absolute Gasteiger partial charge is 0.287 e. The molecule has 2 aliphatic rings. The van der Waals surface area contributed by atoms with Crippen LogP contribution in [0.1, 0.15) is 36.4 Å². The minimum absolute atomic E-state index is 0.184. The summed E-state index contributed by atoms with van der Waals surface area (Å²) in [7, 11) is 0. The van der Waals surface area contributed by atoms with Gasteiger partial charge >= 0.3 is 0 Å². The molecule has 2 atom stereocenters. The SMILES string of the molecule is Nc1c(C(=NCc2ccc(-c3cccc(F)n3)cc2)Nc2ccccc2)c(=O)nc2n1[C@H]1CCC[C@H]1N2. The van der Waals surface area contributed by atoms with Gasteiger partial charge in [0.15, 0.2) is 0 Å². The van der Waals surface area contributed by atoms with Gasteiger partial charge in [-0.1, -0.05) is 48.5 Å². The molecule has 6 rings (SSSR count). The van der Waals surface area contributed by atoms with Crippen LogP contribution in [0.4, 0.5) is 21.8 Å². The number of aliphatic imine (C=N–C) groups is 1. The van der Waals surface area contributed by atoms with Gasteiger partial charge in [0.25, 0.3) is 5.56 Å². The highest BCUT2D eigenvalue weighted by molar-refractivity contribution is 6.10. The molecule has 9 heteroatoms. The second kappa shape index (κ2) is 9.50. The maximum absolute atomic E-state index is 13.5. The molecule has 4 N–H and O–H groups in total. The Hall–Kier alpha value is -4.53. The molecule has 0 unspecified atom stereocenters. The van der Waals surface area contributed by atoms with Gasteiger partial charge in [-0.25, -0.2) is 4.98 Å². The fourth-order valence-corrected chi connectivity index (χ4v) is 5.15. The standard InChI is InChI=1S/C28H26FN7O/c29-23-11-5-8-20(33-23)18-14-12-17(13-15-18)16-31-26(32-19-6-2-1-3-7-19)24-25(30)36-22-10-4-9-21(22)34-28(36)35-27(24)37/h1-3,5-8,11-15,21-22H,4,9-10,16,30H2,(H,31,32)(H,34,35,37)/t21-,22+/m1/s1. The summed E-state index contributed by atoms with van der Waals surface area (Å²) in [4.78, 5) is 26.2. The van der Waals surface area contributed by atoms with E-state index in [1.807, 2.05) is 59.2 Å². The van der Waals surface area contributed by atoms with Gasteiger partial charge in [0, 0.05) is 17.3 Å². The number of nitrogens with one attached hydrogen (secondary N) is 2. The third kappa shape index (κ3) is 4.44. The molecule has 0 saturated heterocycles. The average molecular weight is 496 g/mol. The van der Waals surface area contributed by atoms with Crippen LogP contribution >= 0.6 is 0 Å². The van der Waals surface area contributed by atoms with Crippen LogP contribution in [0, 0.1) is 5.95 Å². The number of para-hydroxylation sites is 1. The molecule has 2 aromatic heterocycles. The monoisotopic (exact) mass is 495 g/mol. The van der Waals surface area contributed by atoms with Gasteiger partial charge in [0.1, 0.15) is 17.2 Å². The lowest BCUT2D eigenvalue weighted by atomic mass is 10.1. The van der Waals surface area contributed by atoms with Crippen LogP contribution < -0.4 is 21.9 Å². The number of hydrogen-bond donors (Lipinski definition) is 3. The number of halogens is 1. The molecular weight excluding hydrogens is 469 g/mol. The third-order valence-corrected chi connectivity index (χ3v) is 6.95. The zero-order chi connectivity index (χ0) is 25.4. The number of nitrogen functional groups attached to an aromatic ring is 1. The second-order valence-corrected chi connectivity index (χ2v) is 9.32. The van der Waals surface area contributed by atoms with Crippen LogP contribution in [0.5, 0.6) is 0 Å². The number of fused-ring (bicyclic) bond motifs is 3. The fraction of sp³-hybridized carbons (Fsp3) is 0.214. The van der Waals surface area contributed by atoms with Crippen LogP contribution in [0.15, 0.2) is 82.6 Å². The van der Waals surface area contributed by atoms with Crippen LogP contribution in [0.3, 0.4) is 0 Å². The summed E-state index contributed by atoms with van der Waals surface area (Å²) >= 11 is 0. The Morgan fingerprint density at radius 3 is 2.65 bits per heavy atom. The summed E-state index contributed by atoms with van der Waals surface area (Å²) in [5.74, 6) is 0.746. The van der Waals surface area contributed by atoms with Crippen LogP contribution in [0.25, 0.3) is 11.3 Å². The summed E-state index contributed by atoms with van der Waals surface area (Å²) in [5.41, 5.74) is 9.54. The number of hydrogen-bond acceptors (Lipinski definition) is 6. The van der Waals surface area contributed by atoms with Gasteiger partial charge in [0.05, 0.1) is 18.3 Å². The summed E-state index contributed by atoms with van der Waals surface area (Å²) in [6, 6.07) is 22.3. The molecule has 0 radical (unpaired) electrons. The van der Waals surface area contributed by atoms with E-state index in [0.717, 1.165) is 36.1 Å². The quantitative estimate of drug-likeness (QED) is 0.212. The zero-order valence-corrected chi connectivity index (χ0v) is 20.1. The Morgan fingerprint density at radius 2 is 1.86 bits per heavy atom. The van der Waals surface area contributed by atoms with Crippen molar-refractivity contribution in [3.63, 3.8) is 0 Å². The fourth-order valence-electron chi connectivity index (χ4n) is 5.15. The van der Waals surface area contributed by atoms with Crippen molar-refractivity contribution in [3.05, 3.63) is 100 Å². The summed E-state index contributed by atoms with van der Waals surface area (Å²) < 4.78 is 15.5. The second-order valence-electron chi connectivity index (χ2n) is 9.32. The number of nitrogens with zero attached hydrogens (tertiary/aromatic N) is 4. The van der Waals surface area contributed by atoms with Gasteiger partial charge in [-0.05, 0) is 49.1 Å². The first-order chi connectivity index (χ1) is 18.1. The van der Waals surface area contributed by atoms with Crippen molar-refractivity contribution in [3.8, 4) is 11.3 Å². The van der Waals surface area contributed by atoms with Gasteiger partial charge < -0.3 is 16.4 Å². The molecule has 1 fully saturated rings. The minimum Gasteiger partial charge on any atom is -0.384 e. The largest absolute Gasteiger partial charge is 0.384 e. The van der Waals surface area contributed by atoms with E-state index >= 15 is 0 Å². The van der Waals surface area contributed by atoms with Crippen molar-refractivity contribution in [2.45, 2.75) is 37.9 Å². The number of pyridine rings is 1. The highest BCUT2D eigenvalue weighted by Gasteiger charge is 2.38. The summed E-state index contributed by atoms with van der Waals surface area (Å²) in [5, 5.41) is 6.64. The Kier molecular flexibility index (Phi) is 5.88. The Bertz CT molecular complexity index is 1530. The molecule has 3 heterocycles. The van der Waals surface area contributed by atoms with Gasteiger partial charge in [0.2, 0.25) is 11.9 Å². The molecule has 1 saturated carbocycles. The third-order valence-electron chi connectivity index (χ3n) is 6.95. The van der Waals surface area contributed by atoms with Crippen LogP contribution in [0.2, 0.25) is 0 Å². The average Bonchev–Trinajstić information content (AvgIpc) is 3.49. The maximum Gasteiger partial charge on any atom is 0.287 e. The predicted octanol–water partition coefficient (Wildman–Crippen LogP) is 4.60. The van der Waals surface area contributed by atoms with E-state index in [1.54, 1.807) is 12.1 Å². The zero-order valence-electron chi connectivity index (χ0n) is 20.1. The van der Waals surface area contributed by atoms with E-state index in [0.29, 0.717) is 29.8 Å².